The van der Waals surface area contributed by atoms with Crippen molar-refractivity contribution >= 4 is 35.6 Å². The number of halogens is 4. The minimum absolute atomic E-state index is 0. The molecule has 1 fully saturated rings. The van der Waals surface area contributed by atoms with Crippen LogP contribution in [-0.2, 0) is 5.41 Å². The Morgan fingerprint density at radius 3 is 2.56 bits per heavy atom. The third-order valence-electron chi connectivity index (χ3n) is 5.09. The van der Waals surface area contributed by atoms with Crippen LogP contribution in [0, 0.1) is 0 Å². The number of nitrogens with zero attached hydrogens (tertiary/aromatic N) is 2. The van der Waals surface area contributed by atoms with Crippen LogP contribution in [0.5, 0.6) is 0 Å². The molecular formula is C17H23F3IN3O. The largest absolute Gasteiger partial charge is 0.416 e. The number of rotatable bonds is 2. The van der Waals surface area contributed by atoms with Crippen LogP contribution >= 0.6 is 24.0 Å². The molecule has 0 radical (unpaired) electrons. The van der Waals surface area contributed by atoms with Crippen molar-refractivity contribution in [1.29, 1.82) is 0 Å². The highest BCUT2D eigenvalue weighted by Gasteiger charge is 2.46. The molecule has 0 saturated heterocycles. The molecule has 140 valence electrons. The minimum atomic E-state index is -4.64. The molecule has 0 amide bonds. The lowest BCUT2D eigenvalue weighted by molar-refractivity contribution is -0.201. The SMILES string of the molecule is CN=C(NCC(O)C(F)(F)F)N1CC2(CCCC2)c2ccccc21.I. The number of benzene rings is 1. The highest BCUT2D eigenvalue weighted by molar-refractivity contribution is 14.0. The van der Waals surface area contributed by atoms with Crippen molar-refractivity contribution in [1.82, 2.24) is 5.32 Å². The molecule has 1 aliphatic carbocycles. The molecule has 1 aromatic rings. The molecule has 4 nitrogen and oxygen atoms in total. The van der Waals surface area contributed by atoms with Crippen molar-refractivity contribution in [2.75, 3.05) is 25.0 Å². The molecule has 1 aliphatic heterocycles. The van der Waals surface area contributed by atoms with Crippen molar-refractivity contribution in [2.24, 2.45) is 4.99 Å². The monoisotopic (exact) mass is 469 g/mol. The number of para-hydroxylation sites is 1. The van der Waals surface area contributed by atoms with E-state index in [0.717, 1.165) is 18.5 Å². The predicted molar refractivity (Wildman–Crippen MR) is 103 cm³/mol. The molecule has 1 spiro atoms. The molecule has 0 aromatic heterocycles. The van der Waals surface area contributed by atoms with Gasteiger partial charge >= 0.3 is 6.18 Å². The van der Waals surface area contributed by atoms with E-state index in [2.05, 4.69) is 16.4 Å². The number of guanidine groups is 1. The quantitative estimate of drug-likeness (QED) is 0.397. The Labute approximate surface area is 162 Å². The van der Waals surface area contributed by atoms with Crippen LogP contribution in [0.3, 0.4) is 0 Å². The molecular weight excluding hydrogens is 446 g/mol. The molecule has 0 bridgehead atoms. The van der Waals surface area contributed by atoms with Gasteiger partial charge in [-0.2, -0.15) is 13.2 Å². The van der Waals surface area contributed by atoms with Crippen molar-refractivity contribution in [3.05, 3.63) is 29.8 Å². The summed E-state index contributed by atoms with van der Waals surface area (Å²) in [4.78, 5) is 6.08. The first-order valence-electron chi connectivity index (χ1n) is 8.20. The molecule has 1 saturated carbocycles. The maximum atomic E-state index is 12.5. The Kier molecular flexibility index (Phi) is 6.24. The Balaban J connectivity index is 0.00000225. The fourth-order valence-electron chi connectivity index (χ4n) is 3.90. The van der Waals surface area contributed by atoms with E-state index in [1.165, 1.54) is 18.4 Å². The van der Waals surface area contributed by atoms with Crippen LogP contribution in [0.15, 0.2) is 29.3 Å². The smallest absolute Gasteiger partial charge is 0.382 e. The normalized spacial score (nSPS) is 20.4. The second-order valence-electron chi connectivity index (χ2n) is 6.58. The van der Waals surface area contributed by atoms with E-state index < -0.39 is 18.8 Å². The van der Waals surface area contributed by atoms with E-state index in [0.29, 0.717) is 12.5 Å². The fraction of sp³-hybridized carbons (Fsp3) is 0.588. The Morgan fingerprint density at radius 1 is 1.32 bits per heavy atom. The standard InChI is InChI=1S/C17H22F3N3O.HI/c1-21-15(22-10-14(24)17(18,19)20)23-11-16(8-4-5-9-16)12-6-2-3-7-13(12)23;/h2-3,6-7,14,24H,4-5,8-11H2,1H3,(H,21,22);1H. The highest BCUT2D eigenvalue weighted by Crippen LogP contribution is 2.50. The summed E-state index contributed by atoms with van der Waals surface area (Å²) >= 11 is 0. The topological polar surface area (TPSA) is 47.9 Å². The number of fused-ring (bicyclic) bond motifs is 2. The lowest BCUT2D eigenvalue weighted by Crippen LogP contribution is -2.48. The number of hydrogen-bond acceptors (Lipinski definition) is 2. The van der Waals surface area contributed by atoms with Gasteiger partial charge in [0.2, 0.25) is 0 Å². The lowest BCUT2D eigenvalue weighted by Gasteiger charge is -2.27. The maximum absolute atomic E-state index is 12.5. The summed E-state index contributed by atoms with van der Waals surface area (Å²) in [5.41, 5.74) is 2.31. The third kappa shape index (κ3) is 3.89. The Morgan fingerprint density at radius 2 is 1.96 bits per heavy atom. The molecule has 3 rings (SSSR count). The summed E-state index contributed by atoms with van der Waals surface area (Å²) in [6.07, 6.45) is -2.54. The van der Waals surface area contributed by atoms with Gasteiger partial charge in [0, 0.05) is 24.7 Å². The van der Waals surface area contributed by atoms with E-state index >= 15 is 0 Å². The number of hydrogen-bond donors (Lipinski definition) is 2. The van der Waals surface area contributed by atoms with Crippen molar-refractivity contribution in [3.63, 3.8) is 0 Å². The van der Waals surface area contributed by atoms with Gasteiger partial charge in [0.25, 0.3) is 0 Å². The Bertz CT molecular complexity index is 630. The third-order valence-corrected chi connectivity index (χ3v) is 5.09. The lowest BCUT2D eigenvalue weighted by atomic mass is 9.81. The summed E-state index contributed by atoms with van der Waals surface area (Å²) in [5.74, 6) is 0.370. The maximum Gasteiger partial charge on any atom is 0.416 e. The number of aliphatic imine (C=N–C) groups is 1. The summed E-state index contributed by atoms with van der Waals surface area (Å²) in [6, 6.07) is 8.03. The molecule has 8 heteroatoms. The molecule has 25 heavy (non-hydrogen) atoms. The number of anilines is 1. The second-order valence-corrected chi connectivity index (χ2v) is 6.58. The van der Waals surface area contributed by atoms with Gasteiger partial charge in [-0.3, -0.25) is 4.99 Å². The van der Waals surface area contributed by atoms with Crippen molar-refractivity contribution < 1.29 is 18.3 Å². The van der Waals surface area contributed by atoms with Crippen molar-refractivity contribution in [3.8, 4) is 0 Å². The van der Waals surface area contributed by atoms with Gasteiger partial charge in [-0.15, -0.1) is 24.0 Å². The summed E-state index contributed by atoms with van der Waals surface area (Å²) in [5, 5.41) is 11.9. The van der Waals surface area contributed by atoms with E-state index in [1.54, 1.807) is 7.05 Å². The average molecular weight is 469 g/mol. The van der Waals surface area contributed by atoms with Gasteiger partial charge < -0.3 is 15.3 Å². The van der Waals surface area contributed by atoms with Gasteiger partial charge in [0.05, 0.1) is 6.54 Å². The average Bonchev–Trinajstić information content (AvgIpc) is 3.14. The van der Waals surface area contributed by atoms with E-state index in [9.17, 15) is 18.3 Å². The van der Waals surface area contributed by atoms with Gasteiger partial charge in [-0.25, -0.2) is 0 Å². The van der Waals surface area contributed by atoms with Gasteiger partial charge in [-0.05, 0) is 24.5 Å². The number of aliphatic hydroxyl groups is 1. The molecule has 1 atom stereocenters. The summed E-state index contributed by atoms with van der Waals surface area (Å²) in [6.45, 7) is 0.107. The first-order valence-corrected chi connectivity index (χ1v) is 8.20. The first kappa shape index (κ1) is 20.3. The molecule has 2 N–H and O–H groups in total. The molecule has 1 heterocycles. The van der Waals surface area contributed by atoms with Crippen LogP contribution < -0.4 is 10.2 Å². The zero-order valence-corrected chi connectivity index (χ0v) is 16.3. The zero-order chi connectivity index (χ0) is 17.4. The van der Waals surface area contributed by atoms with Crippen LogP contribution in [0.2, 0.25) is 0 Å². The second kappa shape index (κ2) is 7.69. The fourth-order valence-corrected chi connectivity index (χ4v) is 3.90. The first-order chi connectivity index (χ1) is 11.4. The van der Waals surface area contributed by atoms with Crippen LogP contribution in [0.1, 0.15) is 31.2 Å². The van der Waals surface area contributed by atoms with E-state index in [-0.39, 0.29) is 29.4 Å². The van der Waals surface area contributed by atoms with Crippen LogP contribution in [0.25, 0.3) is 0 Å². The molecule has 1 unspecified atom stereocenters. The van der Waals surface area contributed by atoms with Gasteiger partial charge in [0.1, 0.15) is 0 Å². The molecule has 1 aromatic carbocycles. The van der Waals surface area contributed by atoms with Crippen LogP contribution in [-0.4, -0.2) is 43.5 Å². The molecule has 2 aliphatic rings. The van der Waals surface area contributed by atoms with Gasteiger partial charge in [-0.1, -0.05) is 31.0 Å². The van der Waals surface area contributed by atoms with E-state index in [4.69, 9.17) is 0 Å². The highest BCUT2D eigenvalue weighted by atomic mass is 127. The summed E-state index contributed by atoms with van der Waals surface area (Å²) in [7, 11) is 1.55. The Hall–Kier alpha value is -1.03. The number of alkyl halides is 3. The van der Waals surface area contributed by atoms with E-state index in [1.807, 2.05) is 23.1 Å². The van der Waals surface area contributed by atoms with Gasteiger partial charge in [0.15, 0.2) is 12.1 Å². The zero-order valence-electron chi connectivity index (χ0n) is 14.0. The number of nitrogens with one attached hydrogen (secondary N) is 1. The van der Waals surface area contributed by atoms with Crippen LogP contribution in [0.4, 0.5) is 18.9 Å². The van der Waals surface area contributed by atoms with Crippen molar-refractivity contribution in [2.45, 2.75) is 43.4 Å². The predicted octanol–water partition coefficient (Wildman–Crippen LogP) is 3.44. The minimum Gasteiger partial charge on any atom is -0.382 e. The number of aliphatic hydroxyl groups excluding tert-OH is 1. The summed E-state index contributed by atoms with van der Waals surface area (Å²) < 4.78 is 37.6.